The fraction of sp³-hybridized carbons (Fsp3) is 0.643. The van der Waals surface area contributed by atoms with Gasteiger partial charge in [0.2, 0.25) is 10.0 Å². The lowest BCUT2D eigenvalue weighted by atomic mass is 9.98. The van der Waals surface area contributed by atoms with Gasteiger partial charge in [0.25, 0.3) is 0 Å². The number of rotatable bonds is 4. The Balaban J connectivity index is 2.23. The molecule has 0 saturated carbocycles. The number of hydrogen-bond donors (Lipinski definition) is 1. The van der Waals surface area contributed by atoms with Crippen LogP contribution in [-0.2, 0) is 10.0 Å². The van der Waals surface area contributed by atoms with Crippen LogP contribution in [0, 0.1) is 5.92 Å². The first-order valence-electron chi connectivity index (χ1n) is 7.32. The molecule has 0 radical (unpaired) electrons. The molecule has 0 bridgehead atoms. The summed E-state index contributed by atoms with van der Waals surface area (Å²) in [6.07, 6.45) is 5.41. The van der Waals surface area contributed by atoms with Crippen LogP contribution in [-0.4, -0.2) is 37.8 Å². The summed E-state index contributed by atoms with van der Waals surface area (Å²) in [6.45, 7) is 3.31. The molecule has 1 saturated heterocycles. The molecule has 1 atom stereocenters. The van der Waals surface area contributed by atoms with Crippen LogP contribution in [0.3, 0.4) is 0 Å². The Morgan fingerprint density at radius 3 is 2.81 bits per heavy atom. The van der Waals surface area contributed by atoms with Gasteiger partial charge in [0.05, 0.1) is 5.02 Å². The summed E-state index contributed by atoms with van der Waals surface area (Å²) in [6, 6.07) is 1.47. The second-order valence-corrected chi connectivity index (χ2v) is 7.71. The molecule has 21 heavy (non-hydrogen) atoms. The van der Waals surface area contributed by atoms with Gasteiger partial charge >= 0.3 is 0 Å². The summed E-state index contributed by atoms with van der Waals surface area (Å²) in [5, 5.41) is 3.14. The molecule has 1 aromatic heterocycles. The van der Waals surface area contributed by atoms with Gasteiger partial charge in [-0.2, -0.15) is 4.31 Å². The molecule has 1 aromatic rings. The van der Waals surface area contributed by atoms with E-state index in [2.05, 4.69) is 17.2 Å². The molecule has 1 unspecified atom stereocenters. The van der Waals surface area contributed by atoms with Crippen LogP contribution in [0.2, 0.25) is 5.02 Å². The molecule has 0 aromatic carbocycles. The smallest absolute Gasteiger partial charge is 0.244 e. The highest BCUT2D eigenvalue weighted by Crippen LogP contribution is 2.27. The number of nitrogens with one attached hydrogen (secondary N) is 1. The topological polar surface area (TPSA) is 62.3 Å². The average Bonchev–Trinajstić information content (AvgIpc) is 2.72. The van der Waals surface area contributed by atoms with Crippen LogP contribution >= 0.6 is 11.6 Å². The van der Waals surface area contributed by atoms with Crippen LogP contribution in [0.25, 0.3) is 0 Å². The summed E-state index contributed by atoms with van der Waals surface area (Å²) in [5.74, 6) is 1.11. The fourth-order valence-corrected chi connectivity index (χ4v) is 4.47. The van der Waals surface area contributed by atoms with Crippen molar-refractivity contribution >= 4 is 27.4 Å². The normalized spacial score (nSPS) is 21.0. The first-order chi connectivity index (χ1) is 9.98. The van der Waals surface area contributed by atoms with E-state index < -0.39 is 10.0 Å². The molecule has 0 aliphatic carbocycles. The number of halogens is 1. The second kappa shape index (κ2) is 6.94. The molecule has 118 valence electrons. The molecule has 0 amide bonds. The van der Waals surface area contributed by atoms with E-state index in [0.717, 1.165) is 25.7 Å². The molecule has 2 rings (SSSR count). The minimum atomic E-state index is -3.51. The van der Waals surface area contributed by atoms with E-state index in [-0.39, 0.29) is 4.90 Å². The van der Waals surface area contributed by atoms with Gasteiger partial charge < -0.3 is 5.32 Å². The molecule has 1 N–H and O–H groups in total. The van der Waals surface area contributed by atoms with Gasteiger partial charge in [0.1, 0.15) is 10.7 Å². The quantitative estimate of drug-likeness (QED) is 0.921. The summed E-state index contributed by atoms with van der Waals surface area (Å²) in [4.78, 5) is 4.23. The van der Waals surface area contributed by atoms with Crippen LogP contribution in [0.1, 0.15) is 32.6 Å². The Morgan fingerprint density at radius 1 is 1.43 bits per heavy atom. The average molecular weight is 332 g/mol. The zero-order chi connectivity index (χ0) is 15.5. The fourth-order valence-electron chi connectivity index (χ4n) is 2.68. The molecule has 5 nitrogen and oxygen atoms in total. The van der Waals surface area contributed by atoms with E-state index in [1.807, 2.05) is 0 Å². The molecule has 1 fully saturated rings. The summed E-state index contributed by atoms with van der Waals surface area (Å²) >= 11 is 6.04. The second-order valence-electron chi connectivity index (χ2n) is 5.36. The molecule has 7 heteroatoms. The Kier molecular flexibility index (Phi) is 5.46. The van der Waals surface area contributed by atoms with Crippen molar-refractivity contribution in [2.75, 3.05) is 25.5 Å². The lowest BCUT2D eigenvalue weighted by Gasteiger charge is -2.20. The molecule has 0 spiro atoms. The Hall–Kier alpha value is -0.850. The highest BCUT2D eigenvalue weighted by Gasteiger charge is 2.28. The third-order valence-corrected chi connectivity index (χ3v) is 6.23. The van der Waals surface area contributed by atoms with E-state index in [4.69, 9.17) is 11.6 Å². The van der Waals surface area contributed by atoms with Crippen molar-refractivity contribution in [3.63, 3.8) is 0 Å². The van der Waals surface area contributed by atoms with Gasteiger partial charge in [-0.25, -0.2) is 13.4 Å². The summed E-state index contributed by atoms with van der Waals surface area (Å²) < 4.78 is 27.0. The van der Waals surface area contributed by atoms with E-state index in [0.29, 0.717) is 29.8 Å². The van der Waals surface area contributed by atoms with Gasteiger partial charge in [-0.3, -0.25) is 0 Å². The van der Waals surface area contributed by atoms with Crippen molar-refractivity contribution in [3.05, 3.63) is 17.3 Å². The van der Waals surface area contributed by atoms with Gasteiger partial charge in [0, 0.05) is 26.3 Å². The van der Waals surface area contributed by atoms with Crippen LogP contribution < -0.4 is 5.32 Å². The van der Waals surface area contributed by atoms with Crippen LogP contribution in [0.4, 0.5) is 5.82 Å². The number of sulfonamides is 1. The first kappa shape index (κ1) is 16.5. The number of pyridine rings is 1. The van der Waals surface area contributed by atoms with Crippen LogP contribution in [0.5, 0.6) is 0 Å². The minimum Gasteiger partial charge on any atom is -0.372 e. The molecule has 1 aliphatic rings. The lowest BCUT2D eigenvalue weighted by Crippen LogP contribution is -2.32. The highest BCUT2D eigenvalue weighted by molar-refractivity contribution is 7.89. The number of hydrogen-bond acceptors (Lipinski definition) is 4. The maximum Gasteiger partial charge on any atom is 0.244 e. The van der Waals surface area contributed by atoms with Gasteiger partial charge in [-0.05, 0) is 31.2 Å². The van der Waals surface area contributed by atoms with Crippen molar-refractivity contribution in [2.24, 2.45) is 5.92 Å². The van der Waals surface area contributed by atoms with E-state index in [9.17, 15) is 8.42 Å². The Labute approximate surface area is 131 Å². The van der Waals surface area contributed by atoms with Crippen molar-refractivity contribution < 1.29 is 8.42 Å². The summed E-state index contributed by atoms with van der Waals surface area (Å²) in [7, 11) is -1.81. The Morgan fingerprint density at radius 2 is 2.19 bits per heavy atom. The monoisotopic (exact) mass is 331 g/mol. The van der Waals surface area contributed by atoms with Crippen molar-refractivity contribution in [1.82, 2.24) is 9.29 Å². The minimum absolute atomic E-state index is 0.168. The maximum atomic E-state index is 12.7. The van der Waals surface area contributed by atoms with Gasteiger partial charge in [-0.15, -0.1) is 0 Å². The van der Waals surface area contributed by atoms with Gasteiger partial charge in [0.15, 0.2) is 0 Å². The first-order valence-corrected chi connectivity index (χ1v) is 9.14. The number of nitrogens with zero attached hydrogens (tertiary/aromatic N) is 2. The van der Waals surface area contributed by atoms with Crippen molar-refractivity contribution in [3.8, 4) is 0 Å². The predicted molar refractivity (Wildman–Crippen MR) is 85.2 cm³/mol. The number of anilines is 1. The zero-order valence-electron chi connectivity index (χ0n) is 12.5. The standard InChI is InChI=1S/C14H22ClN3O2S/c1-3-11-5-4-7-18(8-6-11)21(19,20)12-9-13(15)14(16-2)17-10-12/h9-11H,3-8H2,1-2H3,(H,16,17). The van der Waals surface area contributed by atoms with E-state index in [1.54, 1.807) is 11.4 Å². The zero-order valence-corrected chi connectivity index (χ0v) is 14.0. The van der Waals surface area contributed by atoms with Gasteiger partial charge in [-0.1, -0.05) is 24.9 Å². The van der Waals surface area contributed by atoms with E-state index in [1.165, 1.54) is 12.3 Å². The summed E-state index contributed by atoms with van der Waals surface area (Å²) in [5.41, 5.74) is 0. The largest absolute Gasteiger partial charge is 0.372 e. The molecular weight excluding hydrogens is 310 g/mol. The van der Waals surface area contributed by atoms with E-state index >= 15 is 0 Å². The van der Waals surface area contributed by atoms with Crippen molar-refractivity contribution in [1.29, 1.82) is 0 Å². The number of aromatic nitrogens is 1. The lowest BCUT2D eigenvalue weighted by molar-refractivity contribution is 0.407. The maximum absolute atomic E-state index is 12.7. The third-order valence-electron chi connectivity index (χ3n) is 4.07. The highest BCUT2D eigenvalue weighted by atomic mass is 35.5. The molecular formula is C14H22ClN3O2S. The predicted octanol–water partition coefficient (Wildman–Crippen LogP) is 2.98. The van der Waals surface area contributed by atoms with Crippen LogP contribution in [0.15, 0.2) is 17.2 Å². The van der Waals surface area contributed by atoms with Crippen molar-refractivity contribution in [2.45, 2.75) is 37.5 Å². The third kappa shape index (κ3) is 3.67. The SMILES string of the molecule is CCC1CCCN(S(=O)(=O)c2cnc(NC)c(Cl)c2)CC1. The Bertz CT molecular complexity index is 592. The molecule has 2 heterocycles. The molecule has 1 aliphatic heterocycles.